The number of carbonyl (C=O) groups excluding carboxylic acids is 2. The number of allylic oxidation sites excluding steroid dienone is 4. The topological polar surface area (TPSA) is 183 Å². The lowest BCUT2D eigenvalue weighted by molar-refractivity contribution is -0.668. The molecule has 1 aliphatic heterocycles. The summed E-state index contributed by atoms with van der Waals surface area (Å²) in [6.07, 6.45) is 7.94. The number of rotatable bonds is 14. The molecular weight excluding hydrogens is 673 g/mol. The first-order chi connectivity index (χ1) is 22.2. The number of anilines is 1. The van der Waals surface area contributed by atoms with Crippen molar-refractivity contribution in [2.75, 3.05) is 37.2 Å². The lowest BCUT2D eigenvalue weighted by atomic mass is 10.1. The number of benzene rings is 2. The van der Waals surface area contributed by atoms with Gasteiger partial charge in [0, 0.05) is 36.6 Å². The molecule has 1 aromatic heterocycles. The molecule has 0 spiro atoms. The molecule has 0 bridgehead atoms. The van der Waals surface area contributed by atoms with Crippen LogP contribution in [0.2, 0.25) is 0 Å². The van der Waals surface area contributed by atoms with E-state index >= 15 is 0 Å². The van der Waals surface area contributed by atoms with Crippen molar-refractivity contribution in [3.63, 3.8) is 0 Å². The lowest BCUT2D eigenvalue weighted by Gasteiger charge is -2.19. The van der Waals surface area contributed by atoms with Crippen LogP contribution in [0.1, 0.15) is 51.9 Å². The van der Waals surface area contributed by atoms with Crippen molar-refractivity contribution in [2.45, 2.75) is 32.7 Å². The Morgan fingerprint density at radius 1 is 0.957 bits per heavy atom. The first-order valence-electron chi connectivity index (χ1n) is 14.4. The van der Waals surface area contributed by atoms with E-state index in [2.05, 4.69) is 0 Å². The molecule has 16 heteroatoms. The Hall–Kier alpha value is -4.09. The number of hydrogen-bond acceptors (Lipinski definition) is 13. The van der Waals surface area contributed by atoms with Gasteiger partial charge in [0.05, 0.1) is 51.3 Å². The van der Waals surface area contributed by atoms with Crippen molar-refractivity contribution in [3.8, 4) is 5.75 Å². The van der Waals surface area contributed by atoms with Crippen LogP contribution in [0.3, 0.4) is 0 Å². The van der Waals surface area contributed by atoms with Crippen LogP contribution in [0.5, 0.6) is 5.75 Å². The van der Waals surface area contributed by atoms with E-state index in [4.69, 9.17) is 14.2 Å². The number of aromatic nitrogens is 1. The van der Waals surface area contributed by atoms with Crippen molar-refractivity contribution >= 4 is 65.5 Å². The fraction of sp³-hybridized carbons (Fsp3) is 0.323. The van der Waals surface area contributed by atoms with Crippen molar-refractivity contribution in [1.29, 1.82) is 0 Å². The Kier molecular flexibility index (Phi) is 11.6. The highest BCUT2D eigenvalue weighted by atomic mass is 32.2. The van der Waals surface area contributed by atoms with E-state index in [1.165, 1.54) is 25.6 Å². The highest BCUT2D eigenvalue weighted by Crippen LogP contribution is 2.40. The van der Waals surface area contributed by atoms with Gasteiger partial charge < -0.3 is 28.2 Å². The predicted molar refractivity (Wildman–Crippen MR) is 173 cm³/mol. The van der Waals surface area contributed by atoms with Crippen molar-refractivity contribution in [3.05, 3.63) is 82.2 Å². The van der Waals surface area contributed by atoms with E-state index in [9.17, 15) is 35.5 Å². The third kappa shape index (κ3) is 9.48. The van der Waals surface area contributed by atoms with Gasteiger partial charge in [0.2, 0.25) is 11.4 Å². The summed E-state index contributed by atoms with van der Waals surface area (Å²) in [7, 11) is -6.31. The number of hydrogen-bond donors (Lipinski definition) is 0. The minimum absolute atomic E-state index is 0.0238. The monoisotopic (exact) mass is 705 g/mol. The maximum Gasteiger partial charge on any atom is 0.338 e. The van der Waals surface area contributed by atoms with Crippen molar-refractivity contribution in [1.82, 2.24) is 0 Å². The maximum atomic E-state index is 12.2. The van der Waals surface area contributed by atoms with Gasteiger partial charge in [-0.2, -0.15) is 4.57 Å². The van der Waals surface area contributed by atoms with Gasteiger partial charge in [-0.1, -0.05) is 30.4 Å². The fourth-order valence-corrected chi connectivity index (χ4v) is 6.88. The van der Waals surface area contributed by atoms with E-state index in [0.717, 1.165) is 15.3 Å². The summed E-state index contributed by atoms with van der Waals surface area (Å²) in [5.74, 6) is -1.39. The fourth-order valence-electron chi connectivity index (χ4n) is 4.85. The number of ether oxygens (including phenoxy) is 3. The van der Waals surface area contributed by atoms with Crippen molar-refractivity contribution in [2.24, 2.45) is 0 Å². The molecule has 0 amide bonds. The number of carbonyl (C=O) groups is 2. The van der Waals surface area contributed by atoms with Gasteiger partial charge in [-0.05, 0) is 54.8 Å². The first kappa shape index (κ1) is 35.8. The van der Waals surface area contributed by atoms with Gasteiger partial charge in [0.1, 0.15) is 4.70 Å². The predicted octanol–water partition coefficient (Wildman–Crippen LogP) is 3.72. The average Bonchev–Trinajstić information content (AvgIpc) is 3.55. The molecule has 0 saturated carbocycles. The van der Waals surface area contributed by atoms with Gasteiger partial charge in [0.25, 0.3) is 5.01 Å². The molecule has 0 radical (unpaired) electrons. The Morgan fingerprint density at radius 2 is 1.60 bits per heavy atom. The number of methoxy groups -OCH3 is 2. The molecule has 47 heavy (non-hydrogen) atoms. The standard InChI is InChI=1S/C31H34N2O11S3/c1-4-21(7-13-28-32(15-5-17-46(36,37)38)24-19-22(30(34)42-2)9-11-26(24)44-28)8-14-29-33(16-6-18-47(39,40)41)25-20-23(31(35)43-3)10-12-27(25)45-29/h7-14,19-20H,4-6,15-18H2,1-3H3,(H-,36,37,38,39,40,41)/p-1. The van der Waals surface area contributed by atoms with Gasteiger partial charge >= 0.3 is 11.9 Å². The van der Waals surface area contributed by atoms with Crippen LogP contribution in [-0.2, 0) is 36.3 Å². The summed E-state index contributed by atoms with van der Waals surface area (Å²) in [5, 5.41) is 0.748. The van der Waals surface area contributed by atoms with E-state index in [0.29, 0.717) is 34.8 Å². The summed E-state index contributed by atoms with van der Waals surface area (Å²) < 4.78 is 85.9. The Labute approximate surface area is 276 Å². The first-order valence-corrected chi connectivity index (χ1v) is 18.4. The van der Waals surface area contributed by atoms with Crippen LogP contribution in [0, 0.1) is 0 Å². The number of esters is 2. The van der Waals surface area contributed by atoms with Crippen LogP contribution < -0.4 is 14.2 Å². The summed E-state index contributed by atoms with van der Waals surface area (Å²) >= 11 is 1.42. The zero-order chi connectivity index (χ0) is 34.4. The summed E-state index contributed by atoms with van der Waals surface area (Å²) in [5.41, 5.74) is 2.66. The molecule has 252 valence electrons. The minimum atomic E-state index is -4.44. The van der Waals surface area contributed by atoms with E-state index in [-0.39, 0.29) is 31.5 Å². The lowest BCUT2D eigenvalue weighted by Crippen LogP contribution is -2.36. The number of fused-ring (bicyclic) bond motifs is 2. The van der Waals surface area contributed by atoms with Crippen LogP contribution in [0.4, 0.5) is 5.69 Å². The zero-order valence-corrected chi connectivity index (χ0v) is 28.3. The van der Waals surface area contributed by atoms with Gasteiger partial charge in [-0.25, -0.2) is 26.4 Å². The van der Waals surface area contributed by atoms with E-state index in [1.54, 1.807) is 47.4 Å². The highest BCUT2D eigenvalue weighted by Gasteiger charge is 2.27. The maximum absolute atomic E-state index is 12.2. The SMILES string of the molecule is CCC(C=Cc1sc2ccc(C(=O)OC)cc2[n+]1CCCS(=O)(=O)[O-])=CC=C1Oc2ccc(C(=O)OC)cc2N1CCCS(=O)(=O)[O-]. The molecule has 0 aliphatic carbocycles. The molecular formula is C31H33N2O11S3-. The molecule has 0 fully saturated rings. The van der Waals surface area contributed by atoms with Crippen molar-refractivity contribution < 1.29 is 54.3 Å². The van der Waals surface area contributed by atoms with E-state index < -0.39 is 43.7 Å². The Balaban J connectivity index is 1.67. The molecule has 1 aliphatic rings. The Morgan fingerprint density at radius 3 is 2.23 bits per heavy atom. The molecule has 2 aromatic carbocycles. The van der Waals surface area contributed by atoms with Gasteiger partial charge in [-0.3, -0.25) is 0 Å². The van der Waals surface area contributed by atoms with Gasteiger partial charge in [-0.15, -0.1) is 0 Å². The van der Waals surface area contributed by atoms with Crippen LogP contribution >= 0.6 is 11.3 Å². The van der Waals surface area contributed by atoms with Gasteiger partial charge in [0.15, 0.2) is 12.3 Å². The third-order valence-corrected chi connectivity index (χ3v) is 9.85. The molecule has 2 heterocycles. The molecule has 0 N–H and O–H groups in total. The second kappa shape index (κ2) is 15.2. The molecule has 0 unspecified atom stereocenters. The molecule has 4 rings (SSSR count). The molecule has 0 atom stereocenters. The number of thiazole rings is 1. The van der Waals surface area contributed by atoms with Crippen LogP contribution in [0.15, 0.2) is 66.1 Å². The quantitative estimate of drug-likeness (QED) is 0.103. The summed E-state index contributed by atoms with van der Waals surface area (Å²) in [6, 6.07) is 9.80. The van der Waals surface area contributed by atoms with Crippen LogP contribution in [-0.4, -0.2) is 70.1 Å². The molecule has 3 aromatic rings. The van der Waals surface area contributed by atoms with Crippen LogP contribution in [0.25, 0.3) is 16.3 Å². The smallest absolute Gasteiger partial charge is 0.338 e. The number of nitrogens with zero attached hydrogens (tertiary/aromatic N) is 2. The second-order valence-corrected chi connectivity index (χ2v) is 14.5. The molecule has 0 saturated heterocycles. The third-order valence-electron chi connectivity index (χ3n) is 7.14. The largest absolute Gasteiger partial charge is 0.748 e. The summed E-state index contributed by atoms with van der Waals surface area (Å²) in [4.78, 5) is 26.0. The molecule has 13 nitrogen and oxygen atoms in total. The minimum Gasteiger partial charge on any atom is -0.748 e. The summed E-state index contributed by atoms with van der Waals surface area (Å²) in [6.45, 7) is 2.29. The zero-order valence-electron chi connectivity index (χ0n) is 25.8. The normalized spacial score (nSPS) is 14.5. The highest BCUT2D eigenvalue weighted by molar-refractivity contribution is 7.85. The second-order valence-electron chi connectivity index (χ2n) is 10.4. The Bertz CT molecular complexity index is 1980. The average molecular weight is 706 g/mol. The number of aryl methyl sites for hydroxylation is 1. The van der Waals surface area contributed by atoms with E-state index in [1.807, 2.05) is 29.7 Å².